The van der Waals surface area contributed by atoms with Crippen molar-refractivity contribution in [1.29, 1.82) is 0 Å². The Hall–Kier alpha value is -2.57. The van der Waals surface area contributed by atoms with Gasteiger partial charge < -0.3 is 15.4 Å². The highest BCUT2D eigenvalue weighted by atomic mass is 35.5. The van der Waals surface area contributed by atoms with E-state index >= 15 is 0 Å². The summed E-state index contributed by atoms with van der Waals surface area (Å²) in [7, 11) is 1.66. The largest absolute Gasteiger partial charge is 0.497 e. The van der Waals surface area contributed by atoms with Crippen molar-refractivity contribution in [3.8, 4) is 5.75 Å². The lowest BCUT2D eigenvalue weighted by atomic mass is 10.0. The van der Waals surface area contributed by atoms with Crippen LogP contribution in [0.25, 0.3) is 0 Å². The Labute approximate surface area is 188 Å². The van der Waals surface area contributed by atoms with Gasteiger partial charge in [0.1, 0.15) is 5.75 Å². The summed E-state index contributed by atoms with van der Waals surface area (Å²) < 4.78 is 5.37. The van der Waals surface area contributed by atoms with Crippen LogP contribution in [0.1, 0.15) is 47.6 Å². The van der Waals surface area contributed by atoms with Gasteiger partial charge in [0.25, 0.3) is 5.91 Å². The van der Waals surface area contributed by atoms with Gasteiger partial charge in [-0.3, -0.25) is 14.5 Å². The van der Waals surface area contributed by atoms with E-state index in [-0.39, 0.29) is 17.9 Å². The van der Waals surface area contributed by atoms with Crippen LogP contribution >= 0.6 is 11.6 Å². The van der Waals surface area contributed by atoms with Gasteiger partial charge in [0, 0.05) is 30.1 Å². The molecule has 6 nitrogen and oxygen atoms in total. The van der Waals surface area contributed by atoms with Crippen LogP contribution in [0.2, 0.25) is 5.02 Å². The van der Waals surface area contributed by atoms with Crippen molar-refractivity contribution >= 4 is 23.4 Å². The van der Waals surface area contributed by atoms with Crippen LogP contribution in [0.15, 0.2) is 48.5 Å². The molecule has 1 unspecified atom stereocenters. The van der Waals surface area contributed by atoms with Gasteiger partial charge in [-0.1, -0.05) is 23.7 Å². The number of halogens is 1. The normalized spacial score (nSPS) is 14.8. The Morgan fingerprint density at radius 2 is 1.84 bits per heavy atom. The maximum absolute atomic E-state index is 12.4. The van der Waals surface area contributed by atoms with Crippen LogP contribution in [0.3, 0.4) is 0 Å². The van der Waals surface area contributed by atoms with Gasteiger partial charge in [-0.15, -0.1) is 0 Å². The number of hydrogen-bond acceptors (Lipinski definition) is 4. The van der Waals surface area contributed by atoms with Crippen molar-refractivity contribution in [3.05, 3.63) is 64.7 Å². The van der Waals surface area contributed by atoms with E-state index < -0.39 is 0 Å². The second-order valence-electron chi connectivity index (χ2n) is 7.71. The topological polar surface area (TPSA) is 70.7 Å². The molecule has 0 bridgehead atoms. The zero-order valence-corrected chi connectivity index (χ0v) is 18.7. The Balaban J connectivity index is 1.45. The highest BCUT2D eigenvalue weighted by Gasteiger charge is 2.24. The van der Waals surface area contributed by atoms with Crippen molar-refractivity contribution in [1.82, 2.24) is 15.5 Å². The molecule has 2 aromatic carbocycles. The van der Waals surface area contributed by atoms with Crippen molar-refractivity contribution in [2.24, 2.45) is 0 Å². The molecular weight excluding hydrogens is 414 g/mol. The third-order valence-corrected chi connectivity index (χ3v) is 5.78. The van der Waals surface area contributed by atoms with Crippen LogP contribution in [0.4, 0.5) is 0 Å². The minimum Gasteiger partial charge on any atom is -0.497 e. The van der Waals surface area contributed by atoms with Crippen molar-refractivity contribution in [2.75, 3.05) is 33.3 Å². The Morgan fingerprint density at radius 1 is 1.10 bits per heavy atom. The molecule has 0 aliphatic carbocycles. The third kappa shape index (κ3) is 6.97. The van der Waals surface area contributed by atoms with Crippen LogP contribution in [-0.2, 0) is 4.79 Å². The molecule has 166 valence electrons. The molecule has 2 amide bonds. The van der Waals surface area contributed by atoms with Gasteiger partial charge in [-0.25, -0.2) is 0 Å². The first kappa shape index (κ1) is 23.1. The van der Waals surface area contributed by atoms with Gasteiger partial charge >= 0.3 is 0 Å². The highest BCUT2D eigenvalue weighted by molar-refractivity contribution is 6.30. The standard InChI is InChI=1S/C24H30ClN3O3/c1-31-21-7-4-6-19(16-21)22(28-14-2-3-15-28)17-27-23(29)8-5-13-26-24(30)18-9-11-20(25)12-10-18/h4,6-7,9-12,16,22H,2-3,5,8,13-15,17H2,1H3,(H,26,30)(H,27,29). The summed E-state index contributed by atoms with van der Waals surface area (Å²) in [5.74, 6) is 0.654. The molecule has 7 heteroatoms. The van der Waals surface area contributed by atoms with Crippen molar-refractivity contribution in [3.63, 3.8) is 0 Å². The molecule has 0 radical (unpaired) electrons. The molecule has 31 heavy (non-hydrogen) atoms. The molecule has 3 rings (SSSR count). The summed E-state index contributed by atoms with van der Waals surface area (Å²) in [6.07, 6.45) is 3.31. The monoisotopic (exact) mass is 443 g/mol. The number of amides is 2. The van der Waals surface area contributed by atoms with E-state index in [1.807, 2.05) is 18.2 Å². The van der Waals surface area contributed by atoms with Gasteiger partial charge in [-0.2, -0.15) is 0 Å². The number of benzene rings is 2. The molecule has 2 N–H and O–H groups in total. The van der Waals surface area contributed by atoms with Crippen molar-refractivity contribution in [2.45, 2.75) is 31.7 Å². The number of likely N-dealkylation sites (tertiary alicyclic amines) is 1. The zero-order chi connectivity index (χ0) is 22.1. The molecule has 1 atom stereocenters. The Morgan fingerprint density at radius 3 is 2.55 bits per heavy atom. The third-order valence-electron chi connectivity index (χ3n) is 5.53. The number of hydrogen-bond donors (Lipinski definition) is 2. The SMILES string of the molecule is COc1cccc(C(CNC(=O)CCCNC(=O)c2ccc(Cl)cc2)N2CCCC2)c1. The molecular formula is C24H30ClN3O3. The Kier molecular flexibility index (Phi) is 8.74. The summed E-state index contributed by atoms with van der Waals surface area (Å²) in [6, 6.07) is 14.9. The second-order valence-corrected chi connectivity index (χ2v) is 8.14. The average Bonchev–Trinajstić information content (AvgIpc) is 3.32. The predicted octanol–water partition coefficient (Wildman–Crippen LogP) is 3.81. The number of methoxy groups -OCH3 is 1. The maximum atomic E-state index is 12.4. The average molecular weight is 444 g/mol. The number of nitrogens with zero attached hydrogens (tertiary/aromatic N) is 1. The molecule has 1 fully saturated rings. The van der Waals surface area contributed by atoms with E-state index in [1.165, 1.54) is 12.8 Å². The fraction of sp³-hybridized carbons (Fsp3) is 0.417. The molecule has 1 aliphatic heterocycles. The number of carbonyl (C=O) groups excluding carboxylic acids is 2. The van der Waals surface area contributed by atoms with Crippen LogP contribution in [-0.4, -0.2) is 50.0 Å². The quantitative estimate of drug-likeness (QED) is 0.548. The predicted molar refractivity (Wildman–Crippen MR) is 123 cm³/mol. The van der Waals surface area contributed by atoms with Gasteiger partial charge in [-0.05, 0) is 74.3 Å². The lowest BCUT2D eigenvalue weighted by Crippen LogP contribution is -2.37. The molecule has 0 aromatic heterocycles. The van der Waals surface area contributed by atoms with E-state index in [0.717, 1.165) is 24.4 Å². The molecule has 0 saturated carbocycles. The second kappa shape index (κ2) is 11.7. The van der Waals surface area contributed by atoms with Gasteiger partial charge in [0.05, 0.1) is 13.2 Å². The fourth-order valence-corrected chi connectivity index (χ4v) is 3.94. The molecule has 1 saturated heterocycles. The molecule has 1 heterocycles. The lowest BCUT2D eigenvalue weighted by molar-refractivity contribution is -0.121. The molecule has 0 spiro atoms. The summed E-state index contributed by atoms with van der Waals surface area (Å²) >= 11 is 5.84. The van der Waals surface area contributed by atoms with Crippen LogP contribution in [0.5, 0.6) is 5.75 Å². The summed E-state index contributed by atoms with van der Waals surface area (Å²) in [5, 5.41) is 6.50. The summed E-state index contributed by atoms with van der Waals surface area (Å²) in [5.41, 5.74) is 1.71. The highest BCUT2D eigenvalue weighted by Crippen LogP contribution is 2.27. The van der Waals surface area contributed by atoms with E-state index in [0.29, 0.717) is 36.5 Å². The number of ether oxygens (including phenoxy) is 1. The van der Waals surface area contributed by atoms with Crippen molar-refractivity contribution < 1.29 is 14.3 Å². The number of nitrogens with one attached hydrogen (secondary N) is 2. The zero-order valence-electron chi connectivity index (χ0n) is 17.9. The minimum absolute atomic E-state index is 0.00663. The maximum Gasteiger partial charge on any atom is 0.251 e. The fourth-order valence-electron chi connectivity index (χ4n) is 3.81. The van der Waals surface area contributed by atoms with Crippen LogP contribution < -0.4 is 15.4 Å². The summed E-state index contributed by atoms with van der Waals surface area (Å²) in [4.78, 5) is 26.9. The lowest BCUT2D eigenvalue weighted by Gasteiger charge is -2.28. The number of rotatable bonds is 10. The van der Waals surface area contributed by atoms with Gasteiger partial charge in [0.2, 0.25) is 5.91 Å². The number of carbonyl (C=O) groups is 2. The van der Waals surface area contributed by atoms with Gasteiger partial charge in [0.15, 0.2) is 0 Å². The smallest absolute Gasteiger partial charge is 0.251 e. The summed E-state index contributed by atoms with van der Waals surface area (Å²) in [6.45, 7) is 3.08. The first-order valence-electron chi connectivity index (χ1n) is 10.8. The first-order valence-corrected chi connectivity index (χ1v) is 11.1. The van der Waals surface area contributed by atoms with E-state index in [4.69, 9.17) is 16.3 Å². The van der Waals surface area contributed by atoms with E-state index in [2.05, 4.69) is 21.6 Å². The molecule has 2 aromatic rings. The van der Waals surface area contributed by atoms with Crippen LogP contribution in [0, 0.1) is 0 Å². The Bertz CT molecular complexity index is 867. The molecule has 1 aliphatic rings. The first-order chi connectivity index (χ1) is 15.1. The van der Waals surface area contributed by atoms with E-state index in [1.54, 1.807) is 31.4 Å². The van der Waals surface area contributed by atoms with E-state index in [9.17, 15) is 9.59 Å². The minimum atomic E-state index is -0.163.